The van der Waals surface area contributed by atoms with Gasteiger partial charge >= 0.3 is 6.98 Å². The second-order valence-corrected chi connectivity index (χ2v) is 5.47. The highest BCUT2D eigenvalue weighted by atomic mass is 15.3. The van der Waals surface area contributed by atoms with Crippen LogP contribution >= 0.6 is 0 Å². The van der Waals surface area contributed by atoms with Crippen LogP contribution in [0, 0.1) is 6.92 Å². The molecule has 1 aromatic heterocycles. The molecular weight excluding hydrogens is 245 g/mol. The minimum absolute atomic E-state index is 0.379. The van der Waals surface area contributed by atoms with E-state index in [4.69, 9.17) is 0 Å². The molecule has 0 saturated carbocycles. The Morgan fingerprint density at radius 2 is 1.70 bits per heavy atom. The van der Waals surface area contributed by atoms with E-state index in [2.05, 4.69) is 83.6 Å². The number of nitrogens with zero attached hydrogens (tertiary/aromatic N) is 3. The molecule has 102 valence electrons. The van der Waals surface area contributed by atoms with Crippen LogP contribution in [0.5, 0.6) is 0 Å². The first-order valence-electron chi connectivity index (χ1n) is 7.22. The second kappa shape index (κ2) is 5.20. The van der Waals surface area contributed by atoms with E-state index in [-0.39, 0.29) is 0 Å². The van der Waals surface area contributed by atoms with Crippen LogP contribution in [-0.4, -0.2) is 20.1 Å². The van der Waals surface area contributed by atoms with Crippen molar-refractivity contribution in [3.05, 3.63) is 54.2 Å². The van der Waals surface area contributed by atoms with Gasteiger partial charge in [-0.05, 0) is 31.4 Å². The fraction of sp³-hybridized carbons (Fsp3) is 0.312. The maximum absolute atomic E-state index is 2.49. The molecule has 2 heterocycles. The molecule has 0 amide bonds. The van der Waals surface area contributed by atoms with E-state index in [0.29, 0.717) is 6.98 Å². The van der Waals surface area contributed by atoms with Crippen LogP contribution in [0.1, 0.15) is 5.56 Å². The molecular formula is C16H21BN3+. The smallest absolute Gasteiger partial charge is 0.371 e. The van der Waals surface area contributed by atoms with Crippen molar-refractivity contribution < 1.29 is 4.57 Å². The Morgan fingerprint density at radius 1 is 1.00 bits per heavy atom. The Kier molecular flexibility index (Phi) is 3.39. The van der Waals surface area contributed by atoms with Crippen LogP contribution in [0.2, 0.25) is 6.82 Å². The molecule has 1 saturated heterocycles. The first-order valence-corrected chi connectivity index (χ1v) is 7.22. The highest BCUT2D eigenvalue weighted by molar-refractivity contribution is 6.67. The zero-order chi connectivity index (χ0) is 14.1. The zero-order valence-corrected chi connectivity index (χ0v) is 12.5. The summed E-state index contributed by atoms with van der Waals surface area (Å²) in [6.07, 6.45) is 2.11. The van der Waals surface area contributed by atoms with Crippen molar-refractivity contribution >= 4 is 18.5 Å². The Balaban J connectivity index is 1.90. The third-order valence-corrected chi connectivity index (χ3v) is 4.23. The summed E-state index contributed by atoms with van der Waals surface area (Å²) in [4.78, 5) is 4.95. The van der Waals surface area contributed by atoms with Gasteiger partial charge in [0.2, 0.25) is 0 Å². The van der Waals surface area contributed by atoms with E-state index >= 15 is 0 Å². The minimum Gasteiger partial charge on any atom is -0.371 e. The summed E-state index contributed by atoms with van der Waals surface area (Å²) in [5.74, 6) is 1.27. The van der Waals surface area contributed by atoms with Crippen molar-refractivity contribution in [1.29, 1.82) is 0 Å². The normalized spacial score (nSPS) is 15.1. The first-order chi connectivity index (χ1) is 9.68. The molecule has 1 aliphatic heterocycles. The van der Waals surface area contributed by atoms with Gasteiger partial charge in [0, 0.05) is 18.3 Å². The van der Waals surface area contributed by atoms with Crippen LogP contribution in [0.3, 0.4) is 0 Å². The average molecular weight is 266 g/mol. The second-order valence-electron chi connectivity index (χ2n) is 5.47. The van der Waals surface area contributed by atoms with Crippen molar-refractivity contribution in [3.8, 4) is 0 Å². The van der Waals surface area contributed by atoms with Crippen LogP contribution in [0.15, 0.2) is 48.7 Å². The van der Waals surface area contributed by atoms with Gasteiger partial charge in [-0.3, -0.25) is 0 Å². The number of hydrogen-bond donors (Lipinski definition) is 0. The summed E-state index contributed by atoms with van der Waals surface area (Å²) >= 11 is 0. The minimum atomic E-state index is 0.379. The molecule has 3 nitrogen and oxygen atoms in total. The van der Waals surface area contributed by atoms with E-state index in [1.165, 1.54) is 17.1 Å². The molecule has 0 spiro atoms. The molecule has 3 rings (SSSR count). The largest absolute Gasteiger partial charge is 0.493 e. The van der Waals surface area contributed by atoms with Crippen molar-refractivity contribution in [2.75, 3.05) is 22.7 Å². The molecule has 1 aromatic carbocycles. The quantitative estimate of drug-likeness (QED) is 0.609. The number of rotatable bonds is 2. The van der Waals surface area contributed by atoms with Crippen LogP contribution in [0.4, 0.5) is 11.5 Å². The Morgan fingerprint density at radius 3 is 2.45 bits per heavy atom. The Bertz CT molecular complexity index is 561. The third-order valence-electron chi connectivity index (χ3n) is 4.23. The molecule has 0 radical (unpaired) electrons. The molecule has 1 fully saturated rings. The van der Waals surface area contributed by atoms with Crippen LogP contribution in [-0.2, 0) is 7.05 Å². The molecule has 0 aliphatic carbocycles. The third kappa shape index (κ3) is 2.15. The van der Waals surface area contributed by atoms with Gasteiger partial charge in [-0.1, -0.05) is 24.3 Å². The number of benzene rings is 1. The summed E-state index contributed by atoms with van der Waals surface area (Å²) in [5, 5.41) is 0. The summed E-state index contributed by atoms with van der Waals surface area (Å²) < 4.78 is 2.19. The highest BCUT2D eigenvalue weighted by Gasteiger charge is 2.41. The summed E-state index contributed by atoms with van der Waals surface area (Å²) in [7, 11) is 2.11. The summed E-state index contributed by atoms with van der Waals surface area (Å²) in [6, 6.07) is 15.0. The molecule has 0 bridgehead atoms. The lowest BCUT2D eigenvalue weighted by atomic mass is 9.76. The molecule has 4 heteroatoms. The van der Waals surface area contributed by atoms with Crippen molar-refractivity contribution in [1.82, 2.24) is 0 Å². The fourth-order valence-electron chi connectivity index (χ4n) is 3.08. The first kappa shape index (κ1) is 13.0. The average Bonchev–Trinajstić information content (AvgIpc) is 2.82. The number of aromatic nitrogens is 1. The van der Waals surface area contributed by atoms with Crippen molar-refractivity contribution in [3.63, 3.8) is 0 Å². The predicted octanol–water partition coefficient (Wildman–Crippen LogP) is 2.26. The molecule has 0 unspecified atom stereocenters. The van der Waals surface area contributed by atoms with Gasteiger partial charge in [-0.15, -0.1) is 0 Å². The Hall–Kier alpha value is -1.97. The topological polar surface area (TPSA) is 10.4 Å². The van der Waals surface area contributed by atoms with Crippen LogP contribution in [0.25, 0.3) is 0 Å². The van der Waals surface area contributed by atoms with Gasteiger partial charge in [0.15, 0.2) is 0 Å². The lowest BCUT2D eigenvalue weighted by molar-refractivity contribution is -0.658. The van der Waals surface area contributed by atoms with Gasteiger partial charge < -0.3 is 9.62 Å². The SMILES string of the molecule is CB1N(c2ccccc2C)CCN1c1cccc[n+]1C. The van der Waals surface area contributed by atoms with Crippen molar-refractivity contribution in [2.45, 2.75) is 13.7 Å². The summed E-state index contributed by atoms with van der Waals surface area (Å²) in [6.45, 7) is 6.98. The fourth-order valence-corrected chi connectivity index (χ4v) is 3.08. The number of hydrogen-bond acceptors (Lipinski definition) is 2. The van der Waals surface area contributed by atoms with E-state index in [1.54, 1.807) is 0 Å². The Labute approximate surface area is 121 Å². The van der Waals surface area contributed by atoms with Gasteiger partial charge in [0.1, 0.15) is 0 Å². The standard InChI is InChI=1S/C16H21BN3/c1-14-8-4-5-9-15(14)19-12-13-20(17(19)2)16-10-6-7-11-18(16)3/h4-11H,12-13H2,1-3H3/q+1. The van der Waals surface area contributed by atoms with Crippen LogP contribution < -0.4 is 14.2 Å². The van der Waals surface area contributed by atoms with Gasteiger partial charge in [-0.25, -0.2) is 4.57 Å². The molecule has 2 aromatic rings. The molecule has 0 N–H and O–H groups in total. The number of para-hydroxylation sites is 1. The predicted molar refractivity (Wildman–Crippen MR) is 85.1 cm³/mol. The zero-order valence-electron chi connectivity index (χ0n) is 12.5. The summed E-state index contributed by atoms with van der Waals surface area (Å²) in [5.41, 5.74) is 2.69. The van der Waals surface area contributed by atoms with E-state index < -0.39 is 0 Å². The van der Waals surface area contributed by atoms with Gasteiger partial charge in [-0.2, -0.15) is 0 Å². The van der Waals surface area contributed by atoms with E-state index in [9.17, 15) is 0 Å². The lowest BCUT2D eigenvalue weighted by Gasteiger charge is -2.22. The maximum Gasteiger partial charge on any atom is 0.493 e. The monoisotopic (exact) mass is 266 g/mol. The number of pyridine rings is 1. The van der Waals surface area contributed by atoms with Crippen molar-refractivity contribution in [2.24, 2.45) is 7.05 Å². The van der Waals surface area contributed by atoms with E-state index in [0.717, 1.165) is 13.1 Å². The van der Waals surface area contributed by atoms with Gasteiger partial charge in [0.25, 0.3) is 5.82 Å². The maximum atomic E-state index is 2.49. The highest BCUT2D eigenvalue weighted by Crippen LogP contribution is 2.26. The lowest BCUT2D eigenvalue weighted by Crippen LogP contribution is -2.47. The number of anilines is 2. The number of aryl methyl sites for hydroxylation is 2. The molecule has 0 atom stereocenters. The molecule has 1 aliphatic rings. The molecule has 20 heavy (non-hydrogen) atoms. The van der Waals surface area contributed by atoms with E-state index in [1.807, 2.05) is 0 Å². The van der Waals surface area contributed by atoms with Gasteiger partial charge in [0.05, 0.1) is 19.8 Å².